The van der Waals surface area contributed by atoms with Crippen molar-refractivity contribution in [1.82, 2.24) is 0 Å². The van der Waals surface area contributed by atoms with Crippen LogP contribution in [0.25, 0.3) is 10.4 Å². The fourth-order valence-electron chi connectivity index (χ4n) is 1.88. The molecule has 0 saturated carbocycles. The second-order valence-electron chi connectivity index (χ2n) is 4.34. The van der Waals surface area contributed by atoms with Crippen molar-refractivity contribution < 1.29 is 4.92 Å². The first-order valence-electron chi connectivity index (χ1n) is 6.30. The lowest BCUT2D eigenvalue weighted by Crippen LogP contribution is -1.86. The highest BCUT2D eigenvalue weighted by molar-refractivity contribution is 8.01. The topological polar surface area (TPSA) is 43.1 Å². The summed E-state index contributed by atoms with van der Waals surface area (Å²) in [6.07, 6.45) is 0. The number of thiophene rings is 1. The van der Waals surface area contributed by atoms with E-state index in [0.29, 0.717) is 0 Å². The van der Waals surface area contributed by atoms with Crippen LogP contribution in [0.5, 0.6) is 0 Å². The Morgan fingerprint density at radius 2 is 1.62 bits per heavy atom. The molecule has 0 amide bonds. The number of hydrogen-bond donors (Lipinski definition) is 0. The predicted molar refractivity (Wildman–Crippen MR) is 87.0 cm³/mol. The number of nitro groups is 1. The summed E-state index contributed by atoms with van der Waals surface area (Å²) >= 11 is 3.34. The molecule has 0 fully saturated rings. The molecular weight excluding hydrogens is 302 g/mol. The minimum Gasteiger partial charge on any atom is -0.258 e. The molecule has 0 atom stereocenters. The smallest absolute Gasteiger partial charge is 0.258 e. The third-order valence-corrected chi connectivity index (χ3v) is 5.18. The maximum Gasteiger partial charge on any atom is 0.269 e. The molecular formula is C16H11NO2S2. The summed E-state index contributed by atoms with van der Waals surface area (Å²) in [5.41, 5.74) is 1.33. The van der Waals surface area contributed by atoms with Gasteiger partial charge in [0.25, 0.3) is 5.69 Å². The van der Waals surface area contributed by atoms with Gasteiger partial charge in [-0.15, -0.1) is 11.3 Å². The Hall–Kier alpha value is -2.11. The van der Waals surface area contributed by atoms with Crippen molar-refractivity contribution in [2.75, 3.05) is 0 Å². The van der Waals surface area contributed by atoms with E-state index in [1.807, 2.05) is 18.2 Å². The molecule has 0 N–H and O–H groups in total. The largest absolute Gasteiger partial charge is 0.269 e. The van der Waals surface area contributed by atoms with Crippen molar-refractivity contribution in [2.24, 2.45) is 0 Å². The Bertz CT molecular complexity index is 751. The molecule has 0 aliphatic heterocycles. The molecule has 1 heterocycles. The van der Waals surface area contributed by atoms with Gasteiger partial charge in [-0.05, 0) is 29.8 Å². The lowest BCUT2D eigenvalue weighted by atomic mass is 10.2. The average Bonchev–Trinajstić information content (AvgIpc) is 2.97. The van der Waals surface area contributed by atoms with Gasteiger partial charge in [0.2, 0.25) is 0 Å². The molecule has 0 spiro atoms. The molecule has 104 valence electrons. The van der Waals surface area contributed by atoms with Gasteiger partial charge in [-0.25, -0.2) is 0 Å². The van der Waals surface area contributed by atoms with E-state index in [-0.39, 0.29) is 10.6 Å². The summed E-state index contributed by atoms with van der Waals surface area (Å²) in [7, 11) is 0. The highest BCUT2D eigenvalue weighted by atomic mass is 32.2. The van der Waals surface area contributed by atoms with Crippen LogP contribution in [0.4, 0.5) is 5.69 Å². The standard InChI is InChI=1S/C16H11NO2S2/c18-17(19)13-6-8-14(9-7-13)20-16-11-10-15(21-16)12-4-2-1-3-5-12/h1-11H. The molecule has 3 aromatic rings. The Morgan fingerprint density at radius 1 is 0.905 bits per heavy atom. The van der Waals surface area contributed by atoms with Gasteiger partial charge in [-0.3, -0.25) is 10.1 Å². The van der Waals surface area contributed by atoms with Crippen LogP contribution < -0.4 is 0 Å². The Kier molecular flexibility index (Phi) is 4.03. The van der Waals surface area contributed by atoms with Gasteiger partial charge in [-0.1, -0.05) is 42.1 Å². The predicted octanol–water partition coefficient (Wildman–Crippen LogP) is 5.47. The normalized spacial score (nSPS) is 10.5. The number of nitrogens with zero attached hydrogens (tertiary/aromatic N) is 1. The van der Waals surface area contributed by atoms with Crippen molar-refractivity contribution in [3.63, 3.8) is 0 Å². The van der Waals surface area contributed by atoms with E-state index in [0.717, 1.165) is 4.90 Å². The van der Waals surface area contributed by atoms with E-state index >= 15 is 0 Å². The van der Waals surface area contributed by atoms with E-state index in [1.54, 1.807) is 35.2 Å². The molecule has 3 nitrogen and oxygen atoms in total. The summed E-state index contributed by atoms with van der Waals surface area (Å²) < 4.78 is 1.17. The highest BCUT2D eigenvalue weighted by Crippen LogP contribution is 2.37. The first-order chi connectivity index (χ1) is 10.2. The van der Waals surface area contributed by atoms with E-state index in [1.165, 1.54) is 26.8 Å². The molecule has 0 radical (unpaired) electrons. The summed E-state index contributed by atoms with van der Waals surface area (Å²) in [6.45, 7) is 0. The highest BCUT2D eigenvalue weighted by Gasteiger charge is 2.07. The minimum atomic E-state index is -0.382. The molecule has 0 saturated heterocycles. The third kappa shape index (κ3) is 3.32. The van der Waals surface area contributed by atoms with Crippen LogP contribution in [-0.4, -0.2) is 4.92 Å². The van der Waals surface area contributed by atoms with Crippen molar-refractivity contribution in [3.8, 4) is 10.4 Å². The van der Waals surface area contributed by atoms with E-state index in [4.69, 9.17) is 0 Å². The zero-order valence-corrected chi connectivity index (χ0v) is 12.6. The molecule has 3 rings (SSSR count). The van der Waals surface area contributed by atoms with Crippen LogP contribution in [0.1, 0.15) is 0 Å². The second kappa shape index (κ2) is 6.11. The lowest BCUT2D eigenvalue weighted by molar-refractivity contribution is -0.384. The monoisotopic (exact) mass is 313 g/mol. The zero-order chi connectivity index (χ0) is 14.7. The van der Waals surface area contributed by atoms with Crippen LogP contribution in [0.2, 0.25) is 0 Å². The fourth-order valence-corrected chi connectivity index (χ4v) is 3.99. The number of benzene rings is 2. The molecule has 0 aliphatic carbocycles. The van der Waals surface area contributed by atoms with Crippen LogP contribution in [0.15, 0.2) is 75.8 Å². The van der Waals surface area contributed by atoms with Crippen LogP contribution >= 0.6 is 23.1 Å². The first-order valence-corrected chi connectivity index (χ1v) is 7.93. The number of rotatable bonds is 4. The van der Waals surface area contributed by atoms with Crippen molar-refractivity contribution in [1.29, 1.82) is 0 Å². The third-order valence-electron chi connectivity index (χ3n) is 2.91. The molecule has 0 unspecified atom stereocenters. The molecule has 21 heavy (non-hydrogen) atoms. The molecule has 0 bridgehead atoms. The summed E-state index contributed by atoms with van der Waals surface area (Å²) in [4.78, 5) is 12.5. The van der Waals surface area contributed by atoms with Gasteiger partial charge in [0.1, 0.15) is 0 Å². The number of nitro benzene ring substituents is 1. The maximum absolute atomic E-state index is 10.6. The second-order valence-corrected chi connectivity index (χ2v) is 6.80. The SMILES string of the molecule is O=[N+]([O-])c1ccc(Sc2ccc(-c3ccccc3)s2)cc1. The number of non-ortho nitro benzene ring substituents is 1. The summed E-state index contributed by atoms with van der Waals surface area (Å²) in [6, 6.07) is 21.1. The van der Waals surface area contributed by atoms with Crippen molar-refractivity contribution >= 4 is 28.8 Å². The Labute approximate surface area is 130 Å². The number of hydrogen-bond acceptors (Lipinski definition) is 4. The van der Waals surface area contributed by atoms with E-state index in [9.17, 15) is 10.1 Å². The van der Waals surface area contributed by atoms with Gasteiger partial charge in [0.15, 0.2) is 0 Å². The minimum absolute atomic E-state index is 0.121. The molecule has 5 heteroatoms. The van der Waals surface area contributed by atoms with Crippen molar-refractivity contribution in [2.45, 2.75) is 9.10 Å². The molecule has 0 aliphatic rings. The van der Waals surface area contributed by atoms with Crippen LogP contribution in [0, 0.1) is 10.1 Å². The van der Waals surface area contributed by atoms with E-state index in [2.05, 4.69) is 24.3 Å². The lowest BCUT2D eigenvalue weighted by Gasteiger charge is -1.98. The fraction of sp³-hybridized carbons (Fsp3) is 0. The zero-order valence-electron chi connectivity index (χ0n) is 10.9. The molecule has 2 aromatic carbocycles. The van der Waals surface area contributed by atoms with Crippen LogP contribution in [-0.2, 0) is 0 Å². The Morgan fingerprint density at radius 3 is 2.29 bits per heavy atom. The Balaban J connectivity index is 1.77. The quantitative estimate of drug-likeness (QED) is 0.473. The molecule has 1 aromatic heterocycles. The van der Waals surface area contributed by atoms with Gasteiger partial charge in [-0.2, -0.15) is 0 Å². The summed E-state index contributed by atoms with van der Waals surface area (Å²) in [5.74, 6) is 0. The summed E-state index contributed by atoms with van der Waals surface area (Å²) in [5, 5.41) is 10.6. The van der Waals surface area contributed by atoms with E-state index < -0.39 is 0 Å². The van der Waals surface area contributed by atoms with Crippen LogP contribution in [0.3, 0.4) is 0 Å². The van der Waals surface area contributed by atoms with Crippen molar-refractivity contribution in [3.05, 3.63) is 76.8 Å². The van der Waals surface area contributed by atoms with Gasteiger partial charge < -0.3 is 0 Å². The average molecular weight is 313 g/mol. The van der Waals surface area contributed by atoms with Gasteiger partial charge >= 0.3 is 0 Å². The van der Waals surface area contributed by atoms with Gasteiger partial charge in [0.05, 0.1) is 9.13 Å². The van der Waals surface area contributed by atoms with Gasteiger partial charge in [0, 0.05) is 21.9 Å². The maximum atomic E-state index is 10.6. The first kappa shape index (κ1) is 13.9.